The molecular weight excluding hydrogens is 440 g/mol. The molecule has 2 aromatic carbocycles. The fourth-order valence-corrected chi connectivity index (χ4v) is 4.40. The molecule has 1 aliphatic rings. The molecule has 6 nitrogen and oxygen atoms in total. The maximum absolute atomic E-state index is 13.6. The topological polar surface area (TPSA) is 74.0 Å². The second-order valence-corrected chi connectivity index (χ2v) is 8.97. The van der Waals surface area contributed by atoms with Gasteiger partial charge in [-0.2, -0.15) is 0 Å². The SMILES string of the molecule is CCc1ccc(C2C(C(=O)c3cc4cc(Cl)ccc4o3)=C(O)C(=O)N2CCCN(C)C)cc1. The lowest BCUT2D eigenvalue weighted by molar-refractivity contribution is -0.129. The highest BCUT2D eigenvalue weighted by Gasteiger charge is 2.44. The fourth-order valence-electron chi connectivity index (χ4n) is 4.21. The van der Waals surface area contributed by atoms with Crippen molar-refractivity contribution in [2.45, 2.75) is 25.8 Å². The summed E-state index contributed by atoms with van der Waals surface area (Å²) in [7, 11) is 3.93. The van der Waals surface area contributed by atoms with E-state index in [4.69, 9.17) is 16.0 Å². The smallest absolute Gasteiger partial charge is 0.290 e. The fraction of sp³-hybridized carbons (Fsp3) is 0.308. The van der Waals surface area contributed by atoms with Crippen molar-refractivity contribution in [1.29, 1.82) is 0 Å². The van der Waals surface area contributed by atoms with Crippen LogP contribution >= 0.6 is 11.6 Å². The zero-order valence-electron chi connectivity index (χ0n) is 19.0. The van der Waals surface area contributed by atoms with Gasteiger partial charge in [0.25, 0.3) is 5.91 Å². The first-order chi connectivity index (χ1) is 15.8. The highest BCUT2D eigenvalue weighted by atomic mass is 35.5. The summed E-state index contributed by atoms with van der Waals surface area (Å²) >= 11 is 6.06. The van der Waals surface area contributed by atoms with Gasteiger partial charge < -0.3 is 19.3 Å². The van der Waals surface area contributed by atoms with Crippen LogP contribution in [-0.2, 0) is 11.2 Å². The van der Waals surface area contributed by atoms with Crippen molar-refractivity contribution in [1.82, 2.24) is 9.80 Å². The first-order valence-electron chi connectivity index (χ1n) is 11.0. The Morgan fingerprint density at radius 3 is 2.55 bits per heavy atom. The number of amides is 1. The quantitative estimate of drug-likeness (QED) is 0.463. The Labute approximate surface area is 198 Å². The average molecular weight is 467 g/mol. The number of Topliss-reactive ketones (excluding diaryl/α,β-unsaturated/α-hetero) is 1. The summed E-state index contributed by atoms with van der Waals surface area (Å²) in [5.74, 6) is -1.51. The number of benzene rings is 2. The molecule has 0 saturated carbocycles. The average Bonchev–Trinajstić information content (AvgIpc) is 3.32. The summed E-state index contributed by atoms with van der Waals surface area (Å²) in [6, 6.07) is 13.8. The molecule has 0 radical (unpaired) electrons. The molecule has 0 spiro atoms. The van der Waals surface area contributed by atoms with Crippen molar-refractivity contribution in [2.75, 3.05) is 27.2 Å². The second-order valence-electron chi connectivity index (χ2n) is 8.54. The predicted molar refractivity (Wildman–Crippen MR) is 129 cm³/mol. The van der Waals surface area contributed by atoms with E-state index in [1.165, 1.54) is 0 Å². The van der Waals surface area contributed by atoms with E-state index in [2.05, 4.69) is 6.92 Å². The van der Waals surface area contributed by atoms with Gasteiger partial charge in [-0.05, 0) is 68.9 Å². The third kappa shape index (κ3) is 4.54. The molecule has 1 unspecified atom stereocenters. The van der Waals surface area contributed by atoms with Gasteiger partial charge in [-0.1, -0.05) is 42.8 Å². The Morgan fingerprint density at radius 2 is 1.88 bits per heavy atom. The number of halogens is 1. The minimum absolute atomic E-state index is 0.0410. The molecule has 33 heavy (non-hydrogen) atoms. The first kappa shape index (κ1) is 23.1. The van der Waals surface area contributed by atoms with Crippen LogP contribution in [0.3, 0.4) is 0 Å². The lowest BCUT2D eigenvalue weighted by Crippen LogP contribution is -2.33. The molecule has 1 aromatic heterocycles. The van der Waals surface area contributed by atoms with Crippen LogP contribution < -0.4 is 0 Å². The maximum Gasteiger partial charge on any atom is 0.290 e. The predicted octanol–water partition coefficient (Wildman–Crippen LogP) is 5.18. The summed E-state index contributed by atoms with van der Waals surface area (Å²) in [6.45, 7) is 3.25. The Balaban J connectivity index is 1.74. The molecule has 4 rings (SSSR count). The van der Waals surface area contributed by atoms with E-state index in [-0.39, 0.29) is 11.3 Å². The lowest BCUT2D eigenvalue weighted by Gasteiger charge is -2.27. The van der Waals surface area contributed by atoms with Gasteiger partial charge >= 0.3 is 0 Å². The van der Waals surface area contributed by atoms with Crippen LogP contribution in [0.25, 0.3) is 11.0 Å². The van der Waals surface area contributed by atoms with Gasteiger partial charge in [0.1, 0.15) is 5.58 Å². The lowest BCUT2D eigenvalue weighted by atomic mass is 9.94. The van der Waals surface area contributed by atoms with Crippen LogP contribution in [0.5, 0.6) is 0 Å². The molecule has 3 aromatic rings. The van der Waals surface area contributed by atoms with Gasteiger partial charge in [0, 0.05) is 17.0 Å². The summed E-state index contributed by atoms with van der Waals surface area (Å²) in [4.78, 5) is 30.2. The van der Waals surface area contributed by atoms with Gasteiger partial charge in [-0.15, -0.1) is 0 Å². The zero-order valence-corrected chi connectivity index (χ0v) is 19.7. The third-order valence-corrected chi connectivity index (χ3v) is 6.19. The number of aliphatic hydroxyl groups excluding tert-OH is 1. The minimum atomic E-state index is -0.685. The molecule has 1 atom stereocenters. The molecule has 0 aliphatic carbocycles. The highest BCUT2D eigenvalue weighted by Crippen LogP contribution is 2.40. The number of hydrogen-bond acceptors (Lipinski definition) is 5. The maximum atomic E-state index is 13.6. The molecule has 1 N–H and O–H groups in total. The number of furan rings is 1. The monoisotopic (exact) mass is 466 g/mol. The first-order valence-corrected chi connectivity index (χ1v) is 11.4. The van der Waals surface area contributed by atoms with E-state index in [1.54, 1.807) is 29.2 Å². The van der Waals surface area contributed by atoms with Crippen LogP contribution in [0, 0.1) is 0 Å². The number of ketones is 1. The Bertz CT molecular complexity index is 1230. The van der Waals surface area contributed by atoms with Gasteiger partial charge in [0.15, 0.2) is 11.5 Å². The molecule has 1 aliphatic heterocycles. The summed E-state index contributed by atoms with van der Waals surface area (Å²) in [5.41, 5.74) is 2.48. The van der Waals surface area contributed by atoms with Crippen LogP contribution in [0.4, 0.5) is 0 Å². The van der Waals surface area contributed by atoms with Crippen molar-refractivity contribution in [2.24, 2.45) is 0 Å². The van der Waals surface area contributed by atoms with Crippen molar-refractivity contribution in [3.8, 4) is 0 Å². The molecule has 0 saturated heterocycles. The third-order valence-electron chi connectivity index (χ3n) is 5.96. The molecule has 7 heteroatoms. The molecule has 172 valence electrons. The van der Waals surface area contributed by atoms with Gasteiger partial charge in [0.05, 0.1) is 11.6 Å². The molecule has 0 bridgehead atoms. The van der Waals surface area contributed by atoms with Crippen molar-refractivity contribution >= 4 is 34.3 Å². The van der Waals surface area contributed by atoms with Crippen molar-refractivity contribution < 1.29 is 19.1 Å². The number of nitrogens with zero attached hydrogens (tertiary/aromatic N) is 2. The van der Waals surface area contributed by atoms with E-state index in [1.807, 2.05) is 43.3 Å². The van der Waals surface area contributed by atoms with Crippen LogP contribution in [0.1, 0.15) is 41.1 Å². The van der Waals surface area contributed by atoms with Gasteiger partial charge in [-0.25, -0.2) is 0 Å². The number of aliphatic hydroxyl groups is 1. The number of carbonyl (C=O) groups is 2. The minimum Gasteiger partial charge on any atom is -0.503 e. The number of carbonyl (C=O) groups excluding carboxylic acids is 2. The molecular formula is C26H27ClN2O4. The van der Waals surface area contributed by atoms with E-state index >= 15 is 0 Å². The number of fused-ring (bicyclic) bond motifs is 1. The molecule has 1 amide bonds. The second kappa shape index (κ2) is 9.41. The summed E-state index contributed by atoms with van der Waals surface area (Å²) < 4.78 is 5.76. The van der Waals surface area contributed by atoms with E-state index in [9.17, 15) is 14.7 Å². The summed E-state index contributed by atoms with van der Waals surface area (Å²) in [5, 5.41) is 12.0. The van der Waals surface area contributed by atoms with E-state index in [0.717, 1.165) is 24.1 Å². The standard InChI is InChI=1S/C26H27ClN2O4/c1-4-16-6-8-17(9-7-16)23-22(25(31)26(32)29(23)13-5-12-28(2)3)24(30)21-15-18-14-19(27)10-11-20(18)33-21/h6-11,14-15,23,31H,4-5,12-13H2,1-3H3. The van der Waals surface area contributed by atoms with Crippen LogP contribution in [-0.4, -0.2) is 53.8 Å². The Kier molecular flexibility index (Phi) is 6.58. The van der Waals surface area contributed by atoms with Gasteiger partial charge in [-0.3, -0.25) is 9.59 Å². The number of aryl methyl sites for hydroxylation is 1. The van der Waals surface area contributed by atoms with E-state index in [0.29, 0.717) is 29.0 Å². The molecule has 2 heterocycles. The van der Waals surface area contributed by atoms with Gasteiger partial charge in [0.2, 0.25) is 5.78 Å². The number of hydrogen-bond donors (Lipinski definition) is 1. The normalized spacial score (nSPS) is 16.5. The zero-order chi connectivity index (χ0) is 23.7. The Morgan fingerprint density at radius 1 is 1.15 bits per heavy atom. The molecule has 0 fully saturated rings. The highest BCUT2D eigenvalue weighted by molar-refractivity contribution is 6.31. The largest absolute Gasteiger partial charge is 0.503 e. The van der Waals surface area contributed by atoms with Crippen molar-refractivity contribution in [3.05, 3.63) is 81.8 Å². The van der Waals surface area contributed by atoms with E-state index < -0.39 is 23.5 Å². The Hall–Kier alpha value is -3.09. The van der Waals surface area contributed by atoms with Crippen LogP contribution in [0.15, 0.2) is 64.3 Å². The van der Waals surface area contributed by atoms with Crippen molar-refractivity contribution in [3.63, 3.8) is 0 Å². The summed E-state index contributed by atoms with van der Waals surface area (Å²) in [6.07, 6.45) is 1.59. The van der Waals surface area contributed by atoms with Crippen LogP contribution in [0.2, 0.25) is 5.02 Å². The number of rotatable bonds is 8.